The Morgan fingerprint density at radius 3 is 2.71 bits per heavy atom. The molecule has 1 saturated heterocycles. The van der Waals surface area contributed by atoms with Gasteiger partial charge in [-0.05, 0) is 49.7 Å². The molecule has 4 nitrogen and oxygen atoms in total. The minimum atomic E-state index is 0. The number of aromatic nitrogens is 1. The molecule has 3 rings (SSSR count). The monoisotopic (exact) mass is 442 g/mol. The summed E-state index contributed by atoms with van der Waals surface area (Å²) in [7, 11) is 1.90. The van der Waals surface area contributed by atoms with Crippen LogP contribution in [-0.2, 0) is 6.42 Å². The number of likely N-dealkylation sites (tertiary alicyclic amines) is 1. The van der Waals surface area contributed by atoms with Crippen LogP contribution in [0, 0.1) is 12.3 Å². The molecule has 0 aromatic carbocycles. The number of pyridine rings is 1. The van der Waals surface area contributed by atoms with Crippen LogP contribution >= 0.6 is 24.0 Å². The number of rotatable bonds is 3. The van der Waals surface area contributed by atoms with Gasteiger partial charge in [-0.15, -0.1) is 24.0 Å². The Kier molecular flexibility index (Phi) is 7.32. The standard InChI is InChI=1S/C19H30N4.HI/c1-16-6-7-17(14-22-16)8-12-21-18(20-2)23-13-11-19(15-23)9-4-3-5-10-19;/h6-7,14H,3-5,8-13,15H2,1-2H3,(H,20,21);1H. The van der Waals surface area contributed by atoms with Gasteiger partial charge >= 0.3 is 0 Å². The third-order valence-corrected chi connectivity index (χ3v) is 5.53. The lowest BCUT2D eigenvalue weighted by Gasteiger charge is -2.33. The van der Waals surface area contributed by atoms with Crippen molar-refractivity contribution in [1.82, 2.24) is 15.2 Å². The maximum Gasteiger partial charge on any atom is 0.193 e. The molecular formula is C19H31IN4. The van der Waals surface area contributed by atoms with Gasteiger partial charge in [-0.3, -0.25) is 9.98 Å². The van der Waals surface area contributed by atoms with E-state index in [1.54, 1.807) is 0 Å². The smallest absolute Gasteiger partial charge is 0.193 e. The lowest BCUT2D eigenvalue weighted by molar-refractivity contribution is 0.203. The molecular weight excluding hydrogens is 411 g/mol. The molecule has 1 aromatic heterocycles. The highest BCUT2D eigenvalue weighted by atomic mass is 127. The van der Waals surface area contributed by atoms with Crippen LogP contribution in [0.4, 0.5) is 0 Å². The minimum Gasteiger partial charge on any atom is -0.356 e. The average Bonchev–Trinajstić information content (AvgIpc) is 2.97. The van der Waals surface area contributed by atoms with E-state index in [0.717, 1.165) is 31.2 Å². The number of hydrogen-bond acceptors (Lipinski definition) is 2. The summed E-state index contributed by atoms with van der Waals surface area (Å²) in [4.78, 5) is 11.3. The van der Waals surface area contributed by atoms with Gasteiger partial charge in [0.2, 0.25) is 0 Å². The number of aryl methyl sites for hydroxylation is 1. The molecule has 0 atom stereocenters. The van der Waals surface area contributed by atoms with Crippen LogP contribution in [0.1, 0.15) is 49.8 Å². The van der Waals surface area contributed by atoms with E-state index in [1.807, 2.05) is 20.2 Å². The second kappa shape index (κ2) is 9.02. The molecule has 2 heterocycles. The molecule has 1 aromatic rings. The van der Waals surface area contributed by atoms with E-state index in [1.165, 1.54) is 50.6 Å². The minimum absolute atomic E-state index is 0. The number of hydrogen-bond donors (Lipinski definition) is 1. The van der Waals surface area contributed by atoms with Crippen molar-refractivity contribution >= 4 is 29.9 Å². The molecule has 0 amide bonds. The Labute approximate surface area is 163 Å². The topological polar surface area (TPSA) is 40.5 Å². The summed E-state index contributed by atoms with van der Waals surface area (Å²) < 4.78 is 0. The molecule has 5 heteroatoms. The van der Waals surface area contributed by atoms with Crippen molar-refractivity contribution in [3.8, 4) is 0 Å². The summed E-state index contributed by atoms with van der Waals surface area (Å²) in [6, 6.07) is 4.25. The first-order valence-electron chi connectivity index (χ1n) is 9.08. The highest BCUT2D eigenvalue weighted by Crippen LogP contribution is 2.43. The van der Waals surface area contributed by atoms with E-state index in [9.17, 15) is 0 Å². The van der Waals surface area contributed by atoms with Gasteiger partial charge in [-0.25, -0.2) is 0 Å². The Bertz CT molecular complexity index is 535. The first-order chi connectivity index (χ1) is 11.2. The van der Waals surface area contributed by atoms with Crippen LogP contribution in [0.5, 0.6) is 0 Å². The largest absolute Gasteiger partial charge is 0.356 e. The SMILES string of the molecule is CN=C(NCCc1ccc(C)nc1)N1CCC2(CCCCC2)C1.I. The zero-order valence-electron chi connectivity index (χ0n) is 15.1. The Hall–Kier alpha value is -0.850. The first kappa shape index (κ1) is 19.5. The Morgan fingerprint density at radius 2 is 2.04 bits per heavy atom. The molecule has 24 heavy (non-hydrogen) atoms. The molecule has 1 aliphatic heterocycles. The van der Waals surface area contributed by atoms with Crippen molar-refractivity contribution in [3.05, 3.63) is 29.6 Å². The van der Waals surface area contributed by atoms with E-state index in [4.69, 9.17) is 0 Å². The Balaban J connectivity index is 0.00000208. The van der Waals surface area contributed by atoms with Crippen LogP contribution in [0.2, 0.25) is 0 Å². The molecule has 0 unspecified atom stereocenters. The highest BCUT2D eigenvalue weighted by Gasteiger charge is 2.39. The molecule has 2 aliphatic rings. The first-order valence-corrected chi connectivity index (χ1v) is 9.08. The van der Waals surface area contributed by atoms with Crippen molar-refractivity contribution in [2.45, 2.75) is 51.9 Å². The summed E-state index contributed by atoms with van der Waals surface area (Å²) in [5.74, 6) is 1.08. The van der Waals surface area contributed by atoms with Gasteiger partial charge in [0.05, 0.1) is 0 Å². The zero-order valence-corrected chi connectivity index (χ0v) is 17.4. The predicted octanol–water partition coefficient (Wildman–Crippen LogP) is 3.78. The average molecular weight is 442 g/mol. The van der Waals surface area contributed by atoms with Crippen molar-refractivity contribution in [2.24, 2.45) is 10.4 Å². The second-order valence-corrected chi connectivity index (χ2v) is 7.26. The highest BCUT2D eigenvalue weighted by molar-refractivity contribution is 14.0. The fourth-order valence-electron chi connectivity index (χ4n) is 4.12. The summed E-state index contributed by atoms with van der Waals surface area (Å²) >= 11 is 0. The second-order valence-electron chi connectivity index (χ2n) is 7.26. The van der Waals surface area contributed by atoms with Gasteiger partial charge in [0, 0.05) is 38.6 Å². The maximum absolute atomic E-state index is 4.51. The van der Waals surface area contributed by atoms with Crippen LogP contribution in [-0.4, -0.2) is 42.5 Å². The van der Waals surface area contributed by atoms with Gasteiger partial charge in [0.15, 0.2) is 5.96 Å². The molecule has 1 N–H and O–H groups in total. The van der Waals surface area contributed by atoms with Gasteiger partial charge < -0.3 is 10.2 Å². The van der Waals surface area contributed by atoms with Crippen molar-refractivity contribution < 1.29 is 0 Å². The van der Waals surface area contributed by atoms with Gasteiger partial charge in [-0.2, -0.15) is 0 Å². The summed E-state index contributed by atoms with van der Waals surface area (Å²) in [5, 5.41) is 3.54. The third-order valence-electron chi connectivity index (χ3n) is 5.53. The van der Waals surface area contributed by atoms with E-state index < -0.39 is 0 Å². The summed E-state index contributed by atoms with van der Waals surface area (Å²) in [6.45, 7) is 5.30. The number of nitrogens with zero attached hydrogens (tertiary/aromatic N) is 3. The summed E-state index contributed by atoms with van der Waals surface area (Å²) in [5.41, 5.74) is 2.94. The van der Waals surface area contributed by atoms with E-state index in [2.05, 4.69) is 32.3 Å². The van der Waals surface area contributed by atoms with Gasteiger partial charge in [0.25, 0.3) is 0 Å². The van der Waals surface area contributed by atoms with E-state index in [0.29, 0.717) is 5.41 Å². The van der Waals surface area contributed by atoms with Crippen LogP contribution in [0.15, 0.2) is 23.3 Å². The third kappa shape index (κ3) is 4.83. The van der Waals surface area contributed by atoms with Crippen LogP contribution in [0.3, 0.4) is 0 Å². The fraction of sp³-hybridized carbons (Fsp3) is 0.684. The van der Waals surface area contributed by atoms with Crippen LogP contribution in [0.25, 0.3) is 0 Å². The van der Waals surface area contributed by atoms with Crippen molar-refractivity contribution in [3.63, 3.8) is 0 Å². The molecule has 1 spiro atoms. The van der Waals surface area contributed by atoms with Gasteiger partial charge in [0.1, 0.15) is 0 Å². The lowest BCUT2D eigenvalue weighted by atomic mass is 9.73. The molecule has 0 radical (unpaired) electrons. The quantitative estimate of drug-likeness (QED) is 0.440. The van der Waals surface area contributed by atoms with Crippen molar-refractivity contribution in [2.75, 3.05) is 26.7 Å². The predicted molar refractivity (Wildman–Crippen MR) is 111 cm³/mol. The van der Waals surface area contributed by atoms with E-state index >= 15 is 0 Å². The van der Waals surface area contributed by atoms with Gasteiger partial charge in [-0.1, -0.05) is 25.3 Å². The molecule has 134 valence electrons. The maximum atomic E-state index is 4.51. The number of nitrogens with one attached hydrogen (secondary N) is 1. The Morgan fingerprint density at radius 1 is 1.25 bits per heavy atom. The van der Waals surface area contributed by atoms with E-state index in [-0.39, 0.29) is 24.0 Å². The molecule has 1 aliphatic carbocycles. The van der Waals surface area contributed by atoms with Crippen molar-refractivity contribution in [1.29, 1.82) is 0 Å². The zero-order chi connectivity index (χ0) is 16.1. The number of aliphatic imine (C=N–C) groups is 1. The van der Waals surface area contributed by atoms with Crippen LogP contribution < -0.4 is 5.32 Å². The molecule has 2 fully saturated rings. The molecule has 1 saturated carbocycles. The fourth-order valence-corrected chi connectivity index (χ4v) is 4.12. The normalized spacial score (nSPS) is 20.1. The number of guanidine groups is 1. The number of halogens is 1. The lowest BCUT2D eigenvalue weighted by Crippen LogP contribution is -2.42. The molecule has 0 bridgehead atoms. The summed E-state index contributed by atoms with van der Waals surface area (Å²) in [6.07, 6.45) is 11.4.